The minimum absolute atomic E-state index is 0.00696. The number of hydrogen-bond donors (Lipinski definition) is 2. The Hall–Kier alpha value is -1.94. The molecular weight excluding hydrogens is 276 g/mol. The number of rotatable bonds is 6. The van der Waals surface area contributed by atoms with Gasteiger partial charge in [-0.25, -0.2) is 0 Å². The number of carbonyl (C=O) groups excluding carboxylic acids is 2. The quantitative estimate of drug-likeness (QED) is 0.784. The molecule has 3 rings (SSSR count). The van der Waals surface area contributed by atoms with E-state index < -0.39 is 11.8 Å². The predicted octanol–water partition coefficient (Wildman–Crippen LogP) is 1.63. The highest BCUT2D eigenvalue weighted by molar-refractivity contribution is 6.00. The zero-order chi connectivity index (χ0) is 15.7. The highest BCUT2D eigenvalue weighted by atomic mass is 16.1. The molecule has 1 aliphatic carbocycles. The maximum Gasteiger partial charge on any atom is 0.222 e. The summed E-state index contributed by atoms with van der Waals surface area (Å²) in [5.74, 6) is -0.0795. The first kappa shape index (κ1) is 15.0. The summed E-state index contributed by atoms with van der Waals surface area (Å²) in [6.45, 7) is 4.99. The van der Waals surface area contributed by atoms with Gasteiger partial charge in [-0.1, -0.05) is 36.9 Å². The van der Waals surface area contributed by atoms with Crippen molar-refractivity contribution in [1.82, 2.24) is 5.32 Å². The molecule has 116 valence electrons. The summed E-state index contributed by atoms with van der Waals surface area (Å²) >= 11 is 0. The Balaban J connectivity index is 1.57. The van der Waals surface area contributed by atoms with Crippen molar-refractivity contribution >= 4 is 11.7 Å². The minimum Gasteiger partial charge on any atom is -0.369 e. The number of hydrogen-bond acceptors (Lipinski definition) is 3. The fraction of sp³-hybridized carbons (Fsp3) is 0.444. The van der Waals surface area contributed by atoms with E-state index in [1.807, 2.05) is 18.2 Å². The van der Waals surface area contributed by atoms with Gasteiger partial charge in [-0.2, -0.15) is 0 Å². The molecule has 1 heterocycles. The molecule has 4 heteroatoms. The molecule has 0 aromatic heterocycles. The summed E-state index contributed by atoms with van der Waals surface area (Å²) in [6, 6.07) is 10.4. The van der Waals surface area contributed by atoms with Crippen molar-refractivity contribution in [3.63, 3.8) is 0 Å². The Morgan fingerprint density at radius 3 is 2.55 bits per heavy atom. The molecule has 22 heavy (non-hydrogen) atoms. The molecule has 1 amide bonds. The molecule has 3 N–H and O–H groups in total. The topological polar surface area (TPSA) is 72.2 Å². The van der Waals surface area contributed by atoms with Crippen LogP contribution < -0.4 is 11.1 Å². The number of nitrogens with two attached hydrogens (primary N) is 1. The van der Waals surface area contributed by atoms with E-state index in [0.29, 0.717) is 30.5 Å². The van der Waals surface area contributed by atoms with E-state index in [1.165, 1.54) is 5.56 Å². The predicted molar refractivity (Wildman–Crippen MR) is 85.1 cm³/mol. The second-order valence-electron chi connectivity index (χ2n) is 6.46. The molecule has 1 aromatic carbocycles. The SMILES string of the molecule is C=C(C[C@H]1C[C@@H]1c1ccccc1)C(=O)[C@@H]1CNC[C@H]1C(N)=O. The molecule has 1 aliphatic heterocycles. The van der Waals surface area contributed by atoms with E-state index in [1.54, 1.807) is 0 Å². The third-order valence-electron chi connectivity index (χ3n) is 4.92. The summed E-state index contributed by atoms with van der Waals surface area (Å²) < 4.78 is 0. The summed E-state index contributed by atoms with van der Waals surface area (Å²) in [4.78, 5) is 23.9. The maximum atomic E-state index is 12.5. The van der Waals surface area contributed by atoms with Crippen LogP contribution >= 0.6 is 0 Å². The second-order valence-corrected chi connectivity index (χ2v) is 6.46. The number of allylic oxidation sites excluding steroid dienone is 1. The van der Waals surface area contributed by atoms with Crippen molar-refractivity contribution in [2.45, 2.75) is 18.8 Å². The summed E-state index contributed by atoms with van der Waals surface area (Å²) in [5.41, 5.74) is 7.36. The molecule has 4 atom stereocenters. The van der Waals surface area contributed by atoms with Gasteiger partial charge in [0, 0.05) is 19.0 Å². The van der Waals surface area contributed by atoms with Gasteiger partial charge in [0.1, 0.15) is 0 Å². The average Bonchev–Trinajstić information content (AvgIpc) is 3.10. The van der Waals surface area contributed by atoms with Gasteiger partial charge < -0.3 is 11.1 Å². The van der Waals surface area contributed by atoms with Crippen LogP contribution in [0.4, 0.5) is 0 Å². The van der Waals surface area contributed by atoms with Crippen molar-refractivity contribution in [3.8, 4) is 0 Å². The van der Waals surface area contributed by atoms with Crippen LogP contribution in [0.25, 0.3) is 0 Å². The molecule has 0 radical (unpaired) electrons. The number of nitrogens with one attached hydrogen (secondary N) is 1. The number of amides is 1. The fourth-order valence-corrected chi connectivity index (χ4v) is 3.51. The first-order chi connectivity index (χ1) is 10.6. The van der Waals surface area contributed by atoms with E-state index in [2.05, 4.69) is 24.0 Å². The van der Waals surface area contributed by atoms with E-state index in [4.69, 9.17) is 5.73 Å². The third kappa shape index (κ3) is 2.97. The van der Waals surface area contributed by atoms with Gasteiger partial charge in [0.15, 0.2) is 5.78 Å². The fourth-order valence-electron chi connectivity index (χ4n) is 3.51. The van der Waals surface area contributed by atoms with Crippen molar-refractivity contribution in [2.24, 2.45) is 23.5 Å². The lowest BCUT2D eigenvalue weighted by atomic mass is 9.86. The van der Waals surface area contributed by atoms with Gasteiger partial charge in [0.25, 0.3) is 0 Å². The zero-order valence-corrected chi connectivity index (χ0v) is 12.6. The van der Waals surface area contributed by atoms with Gasteiger partial charge in [-0.15, -0.1) is 0 Å². The van der Waals surface area contributed by atoms with Crippen molar-refractivity contribution in [3.05, 3.63) is 48.0 Å². The Morgan fingerprint density at radius 1 is 1.18 bits per heavy atom. The lowest BCUT2D eigenvalue weighted by Crippen LogP contribution is -2.34. The highest BCUT2D eigenvalue weighted by Gasteiger charge is 2.41. The van der Waals surface area contributed by atoms with Crippen LogP contribution in [0.15, 0.2) is 42.5 Å². The van der Waals surface area contributed by atoms with Gasteiger partial charge in [0.05, 0.1) is 5.92 Å². The summed E-state index contributed by atoms with van der Waals surface area (Å²) in [7, 11) is 0. The van der Waals surface area contributed by atoms with Crippen LogP contribution in [-0.2, 0) is 9.59 Å². The maximum absolute atomic E-state index is 12.5. The normalized spacial score (nSPS) is 30.0. The summed E-state index contributed by atoms with van der Waals surface area (Å²) in [5, 5.41) is 3.08. The zero-order valence-electron chi connectivity index (χ0n) is 12.6. The molecule has 1 saturated heterocycles. The van der Waals surface area contributed by atoms with Gasteiger partial charge >= 0.3 is 0 Å². The third-order valence-corrected chi connectivity index (χ3v) is 4.92. The largest absolute Gasteiger partial charge is 0.369 e. The Morgan fingerprint density at radius 2 is 1.86 bits per heavy atom. The van der Waals surface area contributed by atoms with Crippen LogP contribution in [-0.4, -0.2) is 24.8 Å². The monoisotopic (exact) mass is 298 g/mol. The van der Waals surface area contributed by atoms with Crippen LogP contribution in [0.3, 0.4) is 0 Å². The second kappa shape index (κ2) is 6.05. The molecule has 4 nitrogen and oxygen atoms in total. The lowest BCUT2D eigenvalue weighted by Gasteiger charge is -2.15. The van der Waals surface area contributed by atoms with Crippen LogP contribution in [0.1, 0.15) is 24.3 Å². The molecular formula is C18H22N2O2. The van der Waals surface area contributed by atoms with Crippen LogP contribution in [0.5, 0.6) is 0 Å². The number of ketones is 1. The molecule has 1 saturated carbocycles. The number of Topliss-reactive ketones (excluding diaryl/α,β-unsaturated/α-hetero) is 1. The van der Waals surface area contributed by atoms with Crippen LogP contribution in [0, 0.1) is 17.8 Å². The van der Waals surface area contributed by atoms with E-state index in [0.717, 1.165) is 12.8 Å². The lowest BCUT2D eigenvalue weighted by molar-refractivity contribution is -0.128. The van der Waals surface area contributed by atoms with Gasteiger partial charge in [0.2, 0.25) is 5.91 Å². The molecule has 0 bridgehead atoms. The van der Waals surface area contributed by atoms with Crippen molar-refractivity contribution in [2.75, 3.05) is 13.1 Å². The van der Waals surface area contributed by atoms with Gasteiger partial charge in [-0.05, 0) is 35.8 Å². The summed E-state index contributed by atoms with van der Waals surface area (Å²) in [6.07, 6.45) is 1.83. The van der Waals surface area contributed by atoms with Crippen LogP contribution in [0.2, 0.25) is 0 Å². The standard InChI is InChI=1S/C18H22N2O2/c1-11(17(21)15-9-20-10-16(15)18(19)22)7-13-8-14(13)12-5-3-2-4-6-12/h2-6,13-16,20H,1,7-10H2,(H2,19,22)/t13-,14+,15+,16+/m0/s1. The van der Waals surface area contributed by atoms with Crippen molar-refractivity contribution < 1.29 is 9.59 Å². The highest BCUT2D eigenvalue weighted by Crippen LogP contribution is 2.50. The van der Waals surface area contributed by atoms with Crippen molar-refractivity contribution in [1.29, 1.82) is 0 Å². The molecule has 2 fully saturated rings. The first-order valence-corrected chi connectivity index (χ1v) is 7.85. The molecule has 1 aromatic rings. The number of benzene rings is 1. The van der Waals surface area contributed by atoms with E-state index in [-0.39, 0.29) is 11.7 Å². The number of carbonyl (C=O) groups is 2. The molecule has 0 spiro atoms. The number of primary amides is 1. The van der Waals surface area contributed by atoms with E-state index >= 15 is 0 Å². The molecule has 2 aliphatic rings. The Labute approximate surface area is 130 Å². The Kier molecular flexibility index (Phi) is 4.12. The average molecular weight is 298 g/mol. The Bertz CT molecular complexity index is 596. The van der Waals surface area contributed by atoms with E-state index in [9.17, 15) is 9.59 Å². The van der Waals surface area contributed by atoms with Gasteiger partial charge in [-0.3, -0.25) is 9.59 Å². The molecule has 0 unspecified atom stereocenters. The first-order valence-electron chi connectivity index (χ1n) is 7.85. The minimum atomic E-state index is -0.398. The smallest absolute Gasteiger partial charge is 0.222 e.